The highest BCUT2D eigenvalue weighted by atomic mass is 19.1. The molecule has 5 heterocycles. The van der Waals surface area contributed by atoms with E-state index in [4.69, 9.17) is 10.7 Å². The summed E-state index contributed by atoms with van der Waals surface area (Å²) in [5, 5.41) is 8.48. The Labute approximate surface area is 212 Å². The van der Waals surface area contributed by atoms with Gasteiger partial charge in [0.1, 0.15) is 23.0 Å². The van der Waals surface area contributed by atoms with Gasteiger partial charge in [0.15, 0.2) is 0 Å². The van der Waals surface area contributed by atoms with Crippen LogP contribution in [0.3, 0.4) is 0 Å². The van der Waals surface area contributed by atoms with Crippen LogP contribution in [0.4, 0.5) is 10.2 Å². The van der Waals surface area contributed by atoms with Crippen molar-refractivity contribution in [3.05, 3.63) is 90.4 Å². The number of aliphatic imine (C=N–C) groups is 1. The zero-order chi connectivity index (χ0) is 25.5. The van der Waals surface area contributed by atoms with E-state index < -0.39 is 0 Å². The fraction of sp³-hybridized carbons (Fsp3) is 0.148. The molecule has 4 N–H and O–H groups in total. The lowest BCUT2D eigenvalue weighted by Gasteiger charge is -2.37. The third-order valence-corrected chi connectivity index (χ3v) is 6.41. The van der Waals surface area contributed by atoms with E-state index in [1.54, 1.807) is 24.7 Å². The van der Waals surface area contributed by atoms with Gasteiger partial charge in [0.2, 0.25) is 0 Å². The van der Waals surface area contributed by atoms with E-state index in [1.807, 2.05) is 25.1 Å². The van der Waals surface area contributed by atoms with Crippen LogP contribution in [0.1, 0.15) is 16.8 Å². The number of nitrogens with one attached hydrogen (secondary N) is 2. The van der Waals surface area contributed by atoms with E-state index >= 15 is 0 Å². The van der Waals surface area contributed by atoms with Crippen molar-refractivity contribution in [1.29, 1.82) is 0 Å². The highest BCUT2D eigenvalue weighted by molar-refractivity contribution is 6.14. The lowest BCUT2D eigenvalue weighted by Crippen LogP contribution is -2.56. The summed E-state index contributed by atoms with van der Waals surface area (Å²) in [5.41, 5.74) is 12.6. The van der Waals surface area contributed by atoms with Crippen molar-refractivity contribution in [3.8, 4) is 22.8 Å². The molecule has 10 heteroatoms. The van der Waals surface area contributed by atoms with Crippen molar-refractivity contribution in [2.75, 3.05) is 18.0 Å². The number of nitrogens with zero attached hydrogens (tertiary/aromatic N) is 6. The van der Waals surface area contributed by atoms with E-state index in [0.717, 1.165) is 52.5 Å². The van der Waals surface area contributed by atoms with Gasteiger partial charge in [-0.05, 0) is 31.2 Å². The Balaban J connectivity index is 1.39. The van der Waals surface area contributed by atoms with E-state index in [0.29, 0.717) is 22.7 Å². The summed E-state index contributed by atoms with van der Waals surface area (Å²) < 4.78 is 13.9. The minimum atomic E-state index is -0.329. The van der Waals surface area contributed by atoms with Crippen LogP contribution in [0.2, 0.25) is 0 Å². The molecule has 5 aromatic rings. The number of nitrogens with two attached hydrogens (primary N) is 1. The lowest BCUT2D eigenvalue weighted by atomic mass is 10.0. The lowest BCUT2D eigenvalue weighted by molar-refractivity contribution is 0.514. The van der Waals surface area contributed by atoms with Crippen LogP contribution in [0, 0.1) is 12.7 Å². The molecule has 1 saturated heterocycles. The van der Waals surface area contributed by atoms with Crippen molar-refractivity contribution in [2.24, 2.45) is 10.7 Å². The SMILES string of the molecule is C=CN=C(c1cccc(F)c1)c1cc(-c2n[nH]c3cnc(-c4cncc(N5CC(N)C5)n4)cc23)[nH]c1C. The van der Waals surface area contributed by atoms with Gasteiger partial charge < -0.3 is 15.6 Å². The third kappa shape index (κ3) is 4.17. The monoisotopic (exact) mass is 493 g/mol. The number of hydrogen-bond donors (Lipinski definition) is 3. The summed E-state index contributed by atoms with van der Waals surface area (Å²) >= 11 is 0. The van der Waals surface area contributed by atoms with E-state index in [9.17, 15) is 4.39 Å². The number of anilines is 1. The Morgan fingerprint density at radius 1 is 1.19 bits per heavy atom. The maximum Gasteiger partial charge on any atom is 0.147 e. The maximum absolute atomic E-state index is 13.9. The van der Waals surface area contributed by atoms with Crippen molar-refractivity contribution in [3.63, 3.8) is 0 Å². The number of aryl methyl sites for hydroxylation is 1. The van der Waals surface area contributed by atoms with Crippen LogP contribution in [0.25, 0.3) is 33.7 Å². The molecule has 0 aliphatic carbocycles. The van der Waals surface area contributed by atoms with Crippen molar-refractivity contribution in [1.82, 2.24) is 30.1 Å². The summed E-state index contributed by atoms with van der Waals surface area (Å²) in [5.74, 6) is 0.453. The van der Waals surface area contributed by atoms with Crippen molar-refractivity contribution < 1.29 is 4.39 Å². The molecule has 0 saturated carbocycles. The summed E-state index contributed by atoms with van der Waals surface area (Å²) in [6, 6.07) is 10.4. The second kappa shape index (κ2) is 9.07. The Bertz CT molecular complexity index is 1660. The molecule has 6 rings (SSSR count). The van der Waals surface area contributed by atoms with E-state index in [2.05, 4.69) is 41.6 Å². The molecule has 1 aliphatic heterocycles. The van der Waals surface area contributed by atoms with E-state index in [1.165, 1.54) is 18.3 Å². The molecular formula is C27H24FN9. The Morgan fingerprint density at radius 3 is 2.84 bits per heavy atom. The first kappa shape index (κ1) is 22.7. The molecule has 0 atom stereocenters. The van der Waals surface area contributed by atoms with Gasteiger partial charge >= 0.3 is 0 Å². The smallest absolute Gasteiger partial charge is 0.147 e. The van der Waals surface area contributed by atoms with Gasteiger partial charge in [-0.15, -0.1) is 0 Å². The number of hydrogen-bond acceptors (Lipinski definition) is 7. The van der Waals surface area contributed by atoms with E-state index in [-0.39, 0.29) is 11.9 Å². The van der Waals surface area contributed by atoms with Crippen LogP contribution < -0.4 is 10.6 Å². The van der Waals surface area contributed by atoms with Gasteiger partial charge in [0, 0.05) is 47.5 Å². The zero-order valence-electron chi connectivity index (χ0n) is 20.1. The molecule has 0 bridgehead atoms. The molecule has 9 nitrogen and oxygen atoms in total. The summed E-state index contributed by atoms with van der Waals surface area (Å²) in [6.45, 7) is 7.20. The molecule has 184 valence electrons. The third-order valence-electron chi connectivity index (χ3n) is 6.41. The van der Waals surface area contributed by atoms with Gasteiger partial charge in [-0.3, -0.25) is 20.1 Å². The fourth-order valence-corrected chi connectivity index (χ4v) is 4.55. The minimum Gasteiger partial charge on any atom is -0.357 e. The fourth-order valence-electron chi connectivity index (χ4n) is 4.55. The topological polar surface area (TPSA) is 125 Å². The second-order valence-electron chi connectivity index (χ2n) is 9.01. The Morgan fingerprint density at radius 2 is 2.05 bits per heavy atom. The normalized spacial score (nSPS) is 14.2. The first-order valence-electron chi connectivity index (χ1n) is 11.8. The van der Waals surface area contributed by atoms with Crippen LogP contribution >= 0.6 is 0 Å². The molecule has 0 radical (unpaired) electrons. The van der Waals surface area contributed by atoms with Crippen molar-refractivity contribution >= 4 is 22.4 Å². The molecular weight excluding hydrogens is 469 g/mol. The molecule has 1 aromatic carbocycles. The molecule has 37 heavy (non-hydrogen) atoms. The summed E-state index contributed by atoms with van der Waals surface area (Å²) in [4.78, 5) is 23.6. The summed E-state index contributed by atoms with van der Waals surface area (Å²) in [7, 11) is 0. The van der Waals surface area contributed by atoms with Crippen LogP contribution in [0.5, 0.6) is 0 Å². The molecule has 0 amide bonds. The largest absolute Gasteiger partial charge is 0.357 e. The Kier molecular flexibility index (Phi) is 5.57. The number of pyridine rings is 1. The average Bonchev–Trinajstić information content (AvgIpc) is 3.48. The quantitative estimate of drug-likeness (QED) is 0.307. The van der Waals surface area contributed by atoms with Crippen molar-refractivity contribution in [2.45, 2.75) is 13.0 Å². The van der Waals surface area contributed by atoms with Gasteiger partial charge in [-0.25, -0.2) is 9.37 Å². The van der Waals surface area contributed by atoms with Gasteiger partial charge in [0.25, 0.3) is 0 Å². The van der Waals surface area contributed by atoms with Crippen LogP contribution in [0.15, 0.2) is 72.8 Å². The number of rotatable bonds is 6. The minimum absolute atomic E-state index is 0.167. The Hall–Kier alpha value is -4.70. The van der Waals surface area contributed by atoms with Gasteiger partial charge in [0.05, 0.1) is 41.2 Å². The number of benzene rings is 1. The van der Waals surface area contributed by atoms with Gasteiger partial charge in [-0.1, -0.05) is 18.7 Å². The highest BCUT2D eigenvalue weighted by Crippen LogP contribution is 2.31. The summed E-state index contributed by atoms with van der Waals surface area (Å²) in [6.07, 6.45) is 6.63. The molecule has 1 fully saturated rings. The molecule has 0 unspecified atom stereocenters. The number of aromatic nitrogens is 6. The van der Waals surface area contributed by atoms with Gasteiger partial charge in [-0.2, -0.15) is 5.10 Å². The van der Waals surface area contributed by atoms with Crippen LogP contribution in [-0.2, 0) is 0 Å². The average molecular weight is 494 g/mol. The predicted octanol–water partition coefficient (Wildman–Crippen LogP) is 3.99. The molecule has 4 aromatic heterocycles. The maximum atomic E-state index is 13.9. The second-order valence-corrected chi connectivity index (χ2v) is 9.01. The van der Waals surface area contributed by atoms with Crippen LogP contribution in [-0.4, -0.2) is 55.0 Å². The number of halogens is 1. The first-order chi connectivity index (χ1) is 18.0. The number of H-pyrrole nitrogens is 2. The zero-order valence-corrected chi connectivity index (χ0v) is 20.1. The molecule has 1 aliphatic rings. The standard InChI is InChI=1S/C27H24FN9/c1-3-31-26(16-5-4-6-17(28)7-16)19-8-22(33-15(19)2)27-20-9-21(32-11-23(20)35-36-27)24-10-30-12-25(34-24)37-13-18(29)14-37/h3-12,18,33H,1,13-14,29H2,2H3,(H,35,36). The number of fused-ring (bicyclic) bond motifs is 1. The molecule has 0 spiro atoms. The number of aromatic amines is 2. The highest BCUT2D eigenvalue weighted by Gasteiger charge is 2.25. The predicted molar refractivity (Wildman–Crippen MR) is 142 cm³/mol. The first-order valence-corrected chi connectivity index (χ1v) is 11.8.